The average Bonchev–Trinajstić information content (AvgIpc) is 2.59. The zero-order valence-electron chi connectivity index (χ0n) is 15.2. The van der Waals surface area contributed by atoms with Crippen LogP contribution < -0.4 is 4.74 Å². The van der Waals surface area contributed by atoms with E-state index < -0.39 is 0 Å². The SMILES string of the molecule is CCc1cccc(C(=O)c2cc(C(C)C)cc(C)c2OCOC)c1. The molecule has 24 heavy (non-hydrogen) atoms. The van der Waals surface area contributed by atoms with E-state index >= 15 is 0 Å². The first-order chi connectivity index (χ1) is 11.5. The van der Waals surface area contributed by atoms with Crippen LogP contribution in [0.4, 0.5) is 0 Å². The van der Waals surface area contributed by atoms with Gasteiger partial charge in [-0.25, -0.2) is 0 Å². The topological polar surface area (TPSA) is 35.5 Å². The molecular formula is C21H26O3. The van der Waals surface area contributed by atoms with Gasteiger partial charge < -0.3 is 9.47 Å². The average molecular weight is 326 g/mol. The van der Waals surface area contributed by atoms with E-state index in [0.29, 0.717) is 22.8 Å². The van der Waals surface area contributed by atoms with Gasteiger partial charge in [-0.05, 0) is 48.1 Å². The molecule has 0 bridgehead atoms. The summed E-state index contributed by atoms with van der Waals surface area (Å²) in [5.74, 6) is 0.934. The predicted molar refractivity (Wildman–Crippen MR) is 97.0 cm³/mol. The molecule has 0 aliphatic heterocycles. The molecule has 2 aromatic carbocycles. The Morgan fingerprint density at radius 3 is 2.54 bits per heavy atom. The van der Waals surface area contributed by atoms with Crippen LogP contribution >= 0.6 is 0 Å². The first kappa shape index (κ1) is 18.2. The summed E-state index contributed by atoms with van der Waals surface area (Å²) < 4.78 is 10.7. The molecule has 3 nitrogen and oxygen atoms in total. The van der Waals surface area contributed by atoms with E-state index in [4.69, 9.17) is 9.47 Å². The van der Waals surface area contributed by atoms with Crippen molar-refractivity contribution in [3.8, 4) is 5.75 Å². The number of ether oxygens (including phenoxy) is 2. The minimum absolute atomic E-state index is 0.0120. The van der Waals surface area contributed by atoms with E-state index in [1.54, 1.807) is 7.11 Å². The van der Waals surface area contributed by atoms with E-state index in [0.717, 1.165) is 23.1 Å². The highest BCUT2D eigenvalue weighted by atomic mass is 16.7. The van der Waals surface area contributed by atoms with Gasteiger partial charge in [-0.1, -0.05) is 45.0 Å². The molecule has 0 saturated heterocycles. The second-order valence-corrected chi connectivity index (χ2v) is 6.30. The van der Waals surface area contributed by atoms with Crippen molar-refractivity contribution in [3.05, 3.63) is 64.2 Å². The molecule has 3 heteroatoms. The van der Waals surface area contributed by atoms with Crippen LogP contribution in [-0.4, -0.2) is 19.7 Å². The smallest absolute Gasteiger partial charge is 0.196 e. The molecule has 0 atom stereocenters. The quantitative estimate of drug-likeness (QED) is 0.536. The Kier molecular flexibility index (Phi) is 6.16. The summed E-state index contributed by atoms with van der Waals surface area (Å²) in [6.07, 6.45) is 0.902. The normalized spacial score (nSPS) is 10.9. The number of aryl methyl sites for hydroxylation is 2. The van der Waals surface area contributed by atoms with Crippen molar-refractivity contribution in [2.24, 2.45) is 0 Å². The van der Waals surface area contributed by atoms with Crippen LogP contribution in [-0.2, 0) is 11.2 Å². The lowest BCUT2D eigenvalue weighted by Crippen LogP contribution is -2.10. The van der Waals surface area contributed by atoms with Crippen molar-refractivity contribution in [2.45, 2.75) is 40.0 Å². The molecule has 0 spiro atoms. The number of hydrogen-bond acceptors (Lipinski definition) is 3. The molecule has 0 N–H and O–H groups in total. The second-order valence-electron chi connectivity index (χ2n) is 6.30. The van der Waals surface area contributed by atoms with Gasteiger partial charge in [0, 0.05) is 12.7 Å². The van der Waals surface area contributed by atoms with Gasteiger partial charge in [0.2, 0.25) is 0 Å². The van der Waals surface area contributed by atoms with E-state index in [1.165, 1.54) is 0 Å². The van der Waals surface area contributed by atoms with Crippen molar-refractivity contribution < 1.29 is 14.3 Å². The van der Waals surface area contributed by atoms with Crippen molar-refractivity contribution in [3.63, 3.8) is 0 Å². The fourth-order valence-electron chi connectivity index (χ4n) is 2.70. The Morgan fingerprint density at radius 1 is 1.17 bits per heavy atom. The van der Waals surface area contributed by atoms with Gasteiger partial charge in [-0.3, -0.25) is 4.79 Å². The van der Waals surface area contributed by atoms with Crippen LogP contribution in [0.15, 0.2) is 36.4 Å². The number of hydrogen-bond donors (Lipinski definition) is 0. The van der Waals surface area contributed by atoms with Gasteiger partial charge >= 0.3 is 0 Å². The highest BCUT2D eigenvalue weighted by Crippen LogP contribution is 2.31. The third kappa shape index (κ3) is 4.04. The van der Waals surface area contributed by atoms with Crippen LogP contribution in [0.1, 0.15) is 59.3 Å². The Hall–Kier alpha value is -2.13. The van der Waals surface area contributed by atoms with Crippen LogP contribution in [0.3, 0.4) is 0 Å². The summed E-state index contributed by atoms with van der Waals surface area (Å²) >= 11 is 0. The molecule has 0 fully saturated rings. The Balaban J connectivity index is 2.53. The first-order valence-corrected chi connectivity index (χ1v) is 8.37. The Morgan fingerprint density at radius 2 is 1.92 bits per heavy atom. The number of carbonyl (C=O) groups is 1. The van der Waals surface area contributed by atoms with Crippen LogP contribution in [0.5, 0.6) is 5.75 Å². The summed E-state index contributed by atoms with van der Waals surface area (Å²) in [7, 11) is 1.57. The Bertz CT molecular complexity index is 717. The fourth-order valence-corrected chi connectivity index (χ4v) is 2.70. The van der Waals surface area contributed by atoms with Gasteiger partial charge in [-0.2, -0.15) is 0 Å². The molecule has 2 rings (SSSR count). The largest absolute Gasteiger partial charge is 0.467 e. The van der Waals surface area contributed by atoms with Crippen molar-refractivity contribution >= 4 is 5.78 Å². The van der Waals surface area contributed by atoms with Crippen LogP contribution in [0.2, 0.25) is 0 Å². The van der Waals surface area contributed by atoms with Crippen LogP contribution in [0, 0.1) is 6.92 Å². The summed E-state index contributed by atoms with van der Waals surface area (Å²) in [6, 6.07) is 11.8. The zero-order valence-corrected chi connectivity index (χ0v) is 15.2. The standard InChI is InChI=1S/C21H26O3/c1-6-16-8-7-9-17(11-16)20(22)19-12-18(14(2)3)10-15(4)21(19)24-13-23-5/h7-12,14H,6,13H2,1-5H3. The van der Waals surface area contributed by atoms with Gasteiger partial charge in [0.1, 0.15) is 5.75 Å². The van der Waals surface area contributed by atoms with E-state index in [2.05, 4.69) is 26.8 Å². The van der Waals surface area contributed by atoms with Gasteiger partial charge in [0.05, 0.1) is 5.56 Å². The maximum Gasteiger partial charge on any atom is 0.196 e. The molecule has 0 unspecified atom stereocenters. The monoisotopic (exact) mass is 326 g/mol. The molecule has 0 heterocycles. The number of rotatable bonds is 7. The number of ketones is 1. The lowest BCUT2D eigenvalue weighted by Gasteiger charge is -2.17. The highest BCUT2D eigenvalue weighted by molar-refractivity contribution is 6.11. The first-order valence-electron chi connectivity index (χ1n) is 8.37. The lowest BCUT2D eigenvalue weighted by atomic mass is 9.93. The molecule has 128 valence electrons. The second kappa shape index (κ2) is 8.11. The third-order valence-electron chi connectivity index (χ3n) is 4.13. The Labute approximate surface area is 144 Å². The summed E-state index contributed by atoms with van der Waals surface area (Å²) in [4.78, 5) is 13.1. The number of benzene rings is 2. The van der Waals surface area contributed by atoms with Crippen LogP contribution in [0.25, 0.3) is 0 Å². The molecular weight excluding hydrogens is 300 g/mol. The molecule has 2 aromatic rings. The lowest BCUT2D eigenvalue weighted by molar-refractivity contribution is 0.0498. The molecule has 0 amide bonds. The van der Waals surface area contributed by atoms with Gasteiger partial charge in [0.15, 0.2) is 12.6 Å². The highest BCUT2D eigenvalue weighted by Gasteiger charge is 2.19. The molecule has 0 aromatic heterocycles. The zero-order chi connectivity index (χ0) is 17.7. The molecule has 0 saturated carbocycles. The summed E-state index contributed by atoms with van der Waals surface area (Å²) in [5, 5.41) is 0. The van der Waals surface area contributed by atoms with E-state index in [-0.39, 0.29) is 12.6 Å². The summed E-state index contributed by atoms with van der Waals surface area (Å²) in [6.45, 7) is 8.42. The predicted octanol–water partition coefficient (Wildman–Crippen LogP) is 4.89. The maximum atomic E-state index is 13.1. The van der Waals surface area contributed by atoms with Crippen molar-refractivity contribution in [1.29, 1.82) is 0 Å². The van der Waals surface area contributed by atoms with Crippen molar-refractivity contribution in [2.75, 3.05) is 13.9 Å². The third-order valence-corrected chi connectivity index (χ3v) is 4.13. The van der Waals surface area contributed by atoms with Gasteiger partial charge in [-0.15, -0.1) is 0 Å². The minimum Gasteiger partial charge on any atom is -0.467 e. The van der Waals surface area contributed by atoms with Crippen molar-refractivity contribution in [1.82, 2.24) is 0 Å². The van der Waals surface area contributed by atoms with E-state index in [9.17, 15) is 4.79 Å². The molecule has 0 aliphatic carbocycles. The van der Waals surface area contributed by atoms with E-state index in [1.807, 2.05) is 37.3 Å². The fraction of sp³-hybridized carbons (Fsp3) is 0.381. The maximum absolute atomic E-state index is 13.1. The molecule has 0 aliphatic rings. The number of carbonyl (C=O) groups excluding carboxylic acids is 1. The minimum atomic E-state index is -0.0120. The molecule has 0 radical (unpaired) electrons. The number of methoxy groups -OCH3 is 1. The summed E-state index contributed by atoms with van der Waals surface area (Å²) in [5.41, 5.74) is 4.53. The van der Waals surface area contributed by atoms with Gasteiger partial charge in [0.25, 0.3) is 0 Å².